The number of nitrogens with one attached hydrogen (secondary N) is 1. The van der Waals surface area contributed by atoms with Crippen molar-refractivity contribution in [3.63, 3.8) is 0 Å². The quantitative estimate of drug-likeness (QED) is 0.432. The number of nitrogens with zero attached hydrogens (tertiary/aromatic N) is 4. The first kappa shape index (κ1) is 24.6. The SMILES string of the molecule is CCn1c(COc2ccc3c(c2)CCCC3)nnc1SCC(=O)Nc1ccc(N2CCOCC2)cc1. The number of amides is 1. The number of aryl methyl sites for hydroxylation is 2. The summed E-state index contributed by atoms with van der Waals surface area (Å²) in [6, 6.07) is 14.4. The third-order valence-corrected chi connectivity index (χ3v) is 7.62. The Morgan fingerprint density at radius 1 is 1.06 bits per heavy atom. The largest absolute Gasteiger partial charge is 0.486 e. The van der Waals surface area contributed by atoms with Gasteiger partial charge in [-0.25, -0.2) is 0 Å². The second kappa shape index (κ2) is 11.8. The second-order valence-corrected chi connectivity index (χ2v) is 10.00. The highest BCUT2D eigenvalue weighted by molar-refractivity contribution is 7.99. The van der Waals surface area contributed by atoms with Gasteiger partial charge in [-0.3, -0.25) is 4.79 Å². The highest BCUT2D eigenvalue weighted by Gasteiger charge is 2.16. The van der Waals surface area contributed by atoms with E-state index in [1.165, 1.54) is 35.7 Å². The summed E-state index contributed by atoms with van der Waals surface area (Å²) in [5, 5.41) is 12.3. The number of rotatable bonds is 9. The van der Waals surface area contributed by atoms with Gasteiger partial charge < -0.3 is 24.3 Å². The molecule has 1 amide bonds. The van der Waals surface area contributed by atoms with Crippen molar-refractivity contribution < 1.29 is 14.3 Å². The highest BCUT2D eigenvalue weighted by atomic mass is 32.2. The molecule has 5 rings (SSSR count). The summed E-state index contributed by atoms with van der Waals surface area (Å²) in [5.41, 5.74) is 4.77. The Labute approximate surface area is 216 Å². The number of aromatic nitrogens is 3. The Morgan fingerprint density at radius 2 is 1.83 bits per heavy atom. The minimum atomic E-state index is -0.0726. The fourth-order valence-electron chi connectivity index (χ4n) is 4.70. The monoisotopic (exact) mass is 507 g/mol. The predicted octanol–water partition coefficient (Wildman–Crippen LogP) is 4.32. The van der Waals surface area contributed by atoms with Crippen LogP contribution in [0.4, 0.5) is 11.4 Å². The van der Waals surface area contributed by atoms with Crippen LogP contribution in [-0.2, 0) is 35.5 Å². The van der Waals surface area contributed by atoms with Crippen LogP contribution in [0.15, 0.2) is 47.6 Å². The summed E-state index contributed by atoms with van der Waals surface area (Å²) < 4.78 is 13.5. The number of anilines is 2. The smallest absolute Gasteiger partial charge is 0.234 e. The summed E-state index contributed by atoms with van der Waals surface area (Å²) >= 11 is 1.39. The molecule has 1 fully saturated rings. The van der Waals surface area contributed by atoms with E-state index in [-0.39, 0.29) is 11.7 Å². The maximum absolute atomic E-state index is 12.6. The zero-order valence-electron chi connectivity index (χ0n) is 20.7. The van der Waals surface area contributed by atoms with Crippen molar-refractivity contribution in [1.29, 1.82) is 0 Å². The molecule has 2 aliphatic rings. The predicted molar refractivity (Wildman–Crippen MR) is 142 cm³/mol. The summed E-state index contributed by atoms with van der Waals surface area (Å²) in [4.78, 5) is 14.9. The number of hydrogen-bond donors (Lipinski definition) is 1. The van der Waals surface area contributed by atoms with Gasteiger partial charge in [-0.15, -0.1) is 10.2 Å². The molecule has 190 valence electrons. The van der Waals surface area contributed by atoms with Crippen molar-refractivity contribution >= 4 is 29.0 Å². The van der Waals surface area contributed by atoms with Gasteiger partial charge in [0.1, 0.15) is 12.4 Å². The second-order valence-electron chi connectivity index (χ2n) is 9.05. The molecule has 2 heterocycles. The number of hydrogen-bond acceptors (Lipinski definition) is 7. The molecule has 1 aliphatic carbocycles. The Hall–Kier alpha value is -3.04. The van der Waals surface area contributed by atoms with Crippen LogP contribution in [0.2, 0.25) is 0 Å². The molecule has 1 aliphatic heterocycles. The molecule has 9 heteroatoms. The Morgan fingerprint density at radius 3 is 2.61 bits per heavy atom. The first-order valence-corrected chi connectivity index (χ1v) is 13.7. The lowest BCUT2D eigenvalue weighted by atomic mass is 9.92. The van der Waals surface area contributed by atoms with Crippen molar-refractivity contribution in [2.75, 3.05) is 42.3 Å². The number of ether oxygens (including phenoxy) is 2. The fourth-order valence-corrected chi connectivity index (χ4v) is 5.52. The normalized spacial score (nSPS) is 15.4. The van der Waals surface area contributed by atoms with E-state index in [0.717, 1.165) is 67.3 Å². The number of carbonyl (C=O) groups is 1. The van der Waals surface area contributed by atoms with E-state index in [9.17, 15) is 4.79 Å². The molecule has 0 radical (unpaired) electrons. The van der Waals surface area contributed by atoms with Crippen LogP contribution in [0.25, 0.3) is 0 Å². The molecule has 0 saturated carbocycles. The van der Waals surface area contributed by atoms with Crippen LogP contribution in [0.1, 0.15) is 36.7 Å². The first-order chi connectivity index (χ1) is 17.7. The zero-order valence-corrected chi connectivity index (χ0v) is 21.6. The molecule has 0 bridgehead atoms. The third kappa shape index (κ3) is 6.02. The molecule has 36 heavy (non-hydrogen) atoms. The molecule has 8 nitrogen and oxygen atoms in total. The number of carbonyl (C=O) groups excluding carboxylic acids is 1. The van der Waals surface area contributed by atoms with Crippen LogP contribution in [0, 0.1) is 0 Å². The van der Waals surface area contributed by atoms with Gasteiger partial charge in [-0.2, -0.15) is 0 Å². The minimum Gasteiger partial charge on any atom is -0.486 e. The topological polar surface area (TPSA) is 81.5 Å². The summed E-state index contributed by atoms with van der Waals surface area (Å²) in [7, 11) is 0. The molecule has 0 atom stereocenters. The standard InChI is InChI=1S/C27H33N5O3S/c1-2-32-25(18-35-24-12-7-20-5-3-4-6-21(20)17-24)29-30-27(32)36-19-26(33)28-22-8-10-23(11-9-22)31-13-15-34-16-14-31/h7-12,17H,2-6,13-16,18-19H2,1H3,(H,28,33). The van der Waals surface area contributed by atoms with Gasteiger partial charge in [-0.1, -0.05) is 17.8 Å². The third-order valence-electron chi connectivity index (χ3n) is 6.66. The number of thioether (sulfide) groups is 1. The van der Waals surface area contributed by atoms with Crippen LogP contribution in [-0.4, -0.2) is 52.7 Å². The van der Waals surface area contributed by atoms with Gasteiger partial charge in [-0.05, 0) is 80.1 Å². The number of benzene rings is 2. The van der Waals surface area contributed by atoms with Crippen molar-refractivity contribution in [1.82, 2.24) is 14.8 Å². The molecule has 1 N–H and O–H groups in total. The van der Waals surface area contributed by atoms with Crippen molar-refractivity contribution in [2.24, 2.45) is 0 Å². The molecule has 0 unspecified atom stereocenters. The maximum atomic E-state index is 12.6. The highest BCUT2D eigenvalue weighted by Crippen LogP contribution is 2.26. The van der Waals surface area contributed by atoms with Gasteiger partial charge in [0.2, 0.25) is 5.91 Å². The molecular formula is C27H33N5O3S. The summed E-state index contributed by atoms with van der Waals surface area (Å²) in [6.07, 6.45) is 4.80. The lowest BCUT2D eigenvalue weighted by Crippen LogP contribution is -2.36. The number of morpholine rings is 1. The van der Waals surface area contributed by atoms with Crippen LogP contribution >= 0.6 is 11.8 Å². The summed E-state index contributed by atoms with van der Waals surface area (Å²) in [5.74, 6) is 1.82. The lowest BCUT2D eigenvalue weighted by molar-refractivity contribution is -0.113. The fraction of sp³-hybridized carbons (Fsp3) is 0.444. The zero-order chi connectivity index (χ0) is 24.7. The van der Waals surface area contributed by atoms with Crippen LogP contribution < -0.4 is 15.0 Å². The maximum Gasteiger partial charge on any atom is 0.234 e. The van der Waals surface area contributed by atoms with Gasteiger partial charge in [0.05, 0.1) is 19.0 Å². The van der Waals surface area contributed by atoms with Crippen molar-refractivity contribution in [3.05, 3.63) is 59.4 Å². The van der Waals surface area contributed by atoms with E-state index in [0.29, 0.717) is 13.2 Å². The van der Waals surface area contributed by atoms with Crippen LogP contribution in [0.5, 0.6) is 5.75 Å². The van der Waals surface area contributed by atoms with Crippen molar-refractivity contribution in [3.8, 4) is 5.75 Å². The molecule has 3 aromatic rings. The van der Waals surface area contributed by atoms with E-state index in [2.05, 4.69) is 32.5 Å². The van der Waals surface area contributed by atoms with Crippen molar-refractivity contribution in [2.45, 2.75) is 50.9 Å². The molecule has 2 aromatic carbocycles. The van der Waals surface area contributed by atoms with E-state index in [1.54, 1.807) is 0 Å². The average Bonchev–Trinajstić information content (AvgIpc) is 3.33. The Balaban J connectivity index is 1.13. The lowest BCUT2D eigenvalue weighted by Gasteiger charge is -2.28. The number of fused-ring (bicyclic) bond motifs is 1. The van der Waals surface area contributed by atoms with E-state index in [1.807, 2.05) is 41.8 Å². The molecular weight excluding hydrogens is 474 g/mol. The average molecular weight is 508 g/mol. The van der Waals surface area contributed by atoms with Gasteiger partial charge >= 0.3 is 0 Å². The van der Waals surface area contributed by atoms with E-state index in [4.69, 9.17) is 9.47 Å². The van der Waals surface area contributed by atoms with E-state index < -0.39 is 0 Å². The minimum absolute atomic E-state index is 0.0726. The Kier molecular flexibility index (Phi) is 8.08. The Bertz CT molecular complexity index is 1170. The van der Waals surface area contributed by atoms with Gasteiger partial charge in [0.15, 0.2) is 11.0 Å². The van der Waals surface area contributed by atoms with Crippen LogP contribution in [0.3, 0.4) is 0 Å². The van der Waals surface area contributed by atoms with Gasteiger partial charge in [0.25, 0.3) is 0 Å². The first-order valence-electron chi connectivity index (χ1n) is 12.7. The van der Waals surface area contributed by atoms with Gasteiger partial charge in [0, 0.05) is 31.0 Å². The molecule has 1 aromatic heterocycles. The molecule has 1 saturated heterocycles. The van der Waals surface area contributed by atoms with E-state index >= 15 is 0 Å². The molecule has 0 spiro atoms. The summed E-state index contributed by atoms with van der Waals surface area (Å²) in [6.45, 7) is 6.39.